The number of amides is 1. The molecule has 1 rings (SSSR count). The maximum atomic E-state index is 11.5. The second kappa shape index (κ2) is 6.11. The Bertz CT molecular complexity index is 206. The molecule has 88 valence electrons. The molecule has 15 heavy (non-hydrogen) atoms. The molecule has 3 heteroatoms. The van der Waals surface area contributed by atoms with E-state index < -0.39 is 0 Å². The number of hydrogen-bond donors (Lipinski definition) is 2. The van der Waals surface area contributed by atoms with Crippen molar-refractivity contribution < 1.29 is 4.79 Å². The molecule has 0 aromatic heterocycles. The normalized spacial score (nSPS) is 28.5. The minimum atomic E-state index is -0.330. The molecule has 3 N–H and O–H groups in total. The topological polar surface area (TPSA) is 55.1 Å². The number of rotatable bonds is 4. The van der Waals surface area contributed by atoms with Gasteiger partial charge in [-0.25, -0.2) is 0 Å². The van der Waals surface area contributed by atoms with Crippen LogP contribution in [-0.2, 0) is 4.79 Å². The zero-order chi connectivity index (χ0) is 11.3. The van der Waals surface area contributed by atoms with Crippen LogP contribution in [0.3, 0.4) is 0 Å². The van der Waals surface area contributed by atoms with Crippen molar-refractivity contribution in [2.24, 2.45) is 17.6 Å². The van der Waals surface area contributed by atoms with E-state index in [2.05, 4.69) is 12.2 Å². The Morgan fingerprint density at radius 1 is 1.47 bits per heavy atom. The standard InChI is InChI=1S/C12H24N2O/c1-3-11(13)12(15)14-8-10-7-5-4-6-9(10)2/h9-11H,3-8,13H2,1-2H3,(H,14,15)/t9?,10?,11-/m1/s1. The van der Waals surface area contributed by atoms with Crippen molar-refractivity contribution in [2.45, 2.75) is 52.0 Å². The van der Waals surface area contributed by atoms with Gasteiger partial charge in [0.1, 0.15) is 0 Å². The highest BCUT2D eigenvalue weighted by Crippen LogP contribution is 2.28. The molecule has 3 nitrogen and oxygen atoms in total. The van der Waals surface area contributed by atoms with Gasteiger partial charge in [0.25, 0.3) is 0 Å². The van der Waals surface area contributed by atoms with E-state index in [9.17, 15) is 4.79 Å². The lowest BCUT2D eigenvalue weighted by Crippen LogP contribution is -2.43. The van der Waals surface area contributed by atoms with Crippen molar-refractivity contribution in [1.29, 1.82) is 0 Å². The van der Waals surface area contributed by atoms with Gasteiger partial charge in [-0.15, -0.1) is 0 Å². The van der Waals surface area contributed by atoms with Gasteiger partial charge < -0.3 is 11.1 Å². The molecule has 0 aliphatic heterocycles. The van der Waals surface area contributed by atoms with Crippen molar-refractivity contribution in [3.63, 3.8) is 0 Å². The number of nitrogens with two attached hydrogens (primary N) is 1. The van der Waals surface area contributed by atoms with Gasteiger partial charge in [0.2, 0.25) is 5.91 Å². The van der Waals surface area contributed by atoms with Gasteiger partial charge in [0.15, 0.2) is 0 Å². The van der Waals surface area contributed by atoms with Crippen LogP contribution in [-0.4, -0.2) is 18.5 Å². The SMILES string of the molecule is CC[C@@H](N)C(=O)NCC1CCCCC1C. The number of hydrogen-bond acceptors (Lipinski definition) is 2. The Morgan fingerprint density at radius 2 is 2.13 bits per heavy atom. The molecule has 0 bridgehead atoms. The zero-order valence-electron chi connectivity index (χ0n) is 9.96. The monoisotopic (exact) mass is 212 g/mol. The average molecular weight is 212 g/mol. The Balaban J connectivity index is 2.26. The first-order chi connectivity index (χ1) is 7.15. The van der Waals surface area contributed by atoms with Crippen LogP contribution in [0.5, 0.6) is 0 Å². The third-order valence-electron chi connectivity index (χ3n) is 3.60. The molecule has 2 unspecified atom stereocenters. The van der Waals surface area contributed by atoms with E-state index in [1.165, 1.54) is 25.7 Å². The van der Waals surface area contributed by atoms with Crippen LogP contribution >= 0.6 is 0 Å². The van der Waals surface area contributed by atoms with Crippen LogP contribution in [0.2, 0.25) is 0 Å². The predicted octanol–water partition coefficient (Wildman–Crippen LogP) is 1.67. The van der Waals surface area contributed by atoms with Crippen LogP contribution < -0.4 is 11.1 Å². The van der Waals surface area contributed by atoms with Gasteiger partial charge in [-0.1, -0.05) is 33.1 Å². The summed E-state index contributed by atoms with van der Waals surface area (Å²) in [5.41, 5.74) is 5.65. The van der Waals surface area contributed by atoms with Crippen molar-refractivity contribution in [3.05, 3.63) is 0 Å². The minimum absolute atomic E-state index is 0.00951. The highest BCUT2D eigenvalue weighted by molar-refractivity contribution is 5.81. The zero-order valence-corrected chi connectivity index (χ0v) is 9.96. The summed E-state index contributed by atoms with van der Waals surface area (Å²) in [6.07, 6.45) is 5.93. The van der Waals surface area contributed by atoms with Crippen LogP contribution in [0, 0.1) is 11.8 Å². The Hall–Kier alpha value is -0.570. The molecule has 1 aliphatic carbocycles. The molecule has 0 saturated heterocycles. The summed E-state index contributed by atoms with van der Waals surface area (Å²) in [7, 11) is 0. The average Bonchev–Trinajstić information content (AvgIpc) is 2.26. The van der Waals surface area contributed by atoms with Crippen molar-refractivity contribution in [1.82, 2.24) is 5.32 Å². The number of nitrogens with one attached hydrogen (secondary N) is 1. The quantitative estimate of drug-likeness (QED) is 0.744. The molecule has 1 fully saturated rings. The van der Waals surface area contributed by atoms with E-state index in [0.29, 0.717) is 12.3 Å². The van der Waals surface area contributed by atoms with Crippen molar-refractivity contribution in [3.8, 4) is 0 Å². The summed E-state index contributed by atoms with van der Waals surface area (Å²) in [6.45, 7) is 5.04. The molecular weight excluding hydrogens is 188 g/mol. The first-order valence-electron chi connectivity index (χ1n) is 6.18. The van der Waals surface area contributed by atoms with E-state index in [0.717, 1.165) is 12.5 Å². The Morgan fingerprint density at radius 3 is 2.73 bits per heavy atom. The van der Waals surface area contributed by atoms with Crippen LogP contribution in [0.4, 0.5) is 0 Å². The summed E-state index contributed by atoms with van der Waals surface area (Å²) in [5.74, 6) is 1.42. The van der Waals surface area contributed by atoms with E-state index in [1.807, 2.05) is 6.92 Å². The van der Waals surface area contributed by atoms with Gasteiger partial charge in [0.05, 0.1) is 6.04 Å². The summed E-state index contributed by atoms with van der Waals surface area (Å²) < 4.78 is 0. The third kappa shape index (κ3) is 3.82. The molecule has 0 aromatic carbocycles. The smallest absolute Gasteiger partial charge is 0.236 e. The Labute approximate surface area is 92.8 Å². The lowest BCUT2D eigenvalue weighted by atomic mass is 9.80. The summed E-state index contributed by atoms with van der Waals surface area (Å²) in [4.78, 5) is 11.5. The van der Waals surface area contributed by atoms with E-state index in [1.54, 1.807) is 0 Å². The van der Waals surface area contributed by atoms with Gasteiger partial charge in [0, 0.05) is 6.54 Å². The second-order valence-corrected chi connectivity index (χ2v) is 4.78. The molecule has 3 atom stereocenters. The van der Waals surface area contributed by atoms with Gasteiger partial charge in [-0.05, 0) is 24.7 Å². The van der Waals surface area contributed by atoms with E-state index >= 15 is 0 Å². The molecule has 1 saturated carbocycles. The van der Waals surface area contributed by atoms with Crippen molar-refractivity contribution in [2.75, 3.05) is 6.54 Å². The van der Waals surface area contributed by atoms with Crippen LogP contribution in [0.25, 0.3) is 0 Å². The van der Waals surface area contributed by atoms with E-state index in [-0.39, 0.29) is 11.9 Å². The first-order valence-corrected chi connectivity index (χ1v) is 6.18. The predicted molar refractivity (Wildman–Crippen MR) is 62.4 cm³/mol. The maximum absolute atomic E-state index is 11.5. The highest BCUT2D eigenvalue weighted by atomic mass is 16.2. The fraction of sp³-hybridized carbons (Fsp3) is 0.917. The summed E-state index contributed by atoms with van der Waals surface area (Å²) in [6, 6.07) is -0.330. The second-order valence-electron chi connectivity index (χ2n) is 4.78. The lowest BCUT2D eigenvalue weighted by molar-refractivity contribution is -0.122. The molecule has 1 aliphatic rings. The van der Waals surface area contributed by atoms with Gasteiger partial charge in [-0.3, -0.25) is 4.79 Å². The fourth-order valence-corrected chi connectivity index (χ4v) is 2.24. The summed E-state index contributed by atoms with van der Waals surface area (Å²) >= 11 is 0. The van der Waals surface area contributed by atoms with Crippen LogP contribution in [0.15, 0.2) is 0 Å². The maximum Gasteiger partial charge on any atom is 0.236 e. The van der Waals surface area contributed by atoms with Gasteiger partial charge in [-0.2, -0.15) is 0 Å². The van der Waals surface area contributed by atoms with Crippen LogP contribution in [0.1, 0.15) is 46.0 Å². The van der Waals surface area contributed by atoms with Gasteiger partial charge >= 0.3 is 0 Å². The minimum Gasteiger partial charge on any atom is -0.354 e. The molecule has 0 heterocycles. The molecular formula is C12H24N2O. The fourth-order valence-electron chi connectivity index (χ4n) is 2.24. The molecule has 0 radical (unpaired) electrons. The number of carbonyl (C=O) groups excluding carboxylic acids is 1. The van der Waals surface area contributed by atoms with E-state index in [4.69, 9.17) is 5.73 Å². The lowest BCUT2D eigenvalue weighted by Gasteiger charge is -2.29. The molecule has 1 amide bonds. The largest absolute Gasteiger partial charge is 0.354 e. The molecule has 0 spiro atoms. The number of carbonyl (C=O) groups is 1. The Kier molecular flexibility index (Phi) is 5.09. The van der Waals surface area contributed by atoms with Crippen molar-refractivity contribution >= 4 is 5.91 Å². The highest BCUT2D eigenvalue weighted by Gasteiger charge is 2.22. The third-order valence-corrected chi connectivity index (χ3v) is 3.60. The first kappa shape index (κ1) is 12.5. The molecule has 0 aromatic rings. The summed E-state index contributed by atoms with van der Waals surface area (Å²) in [5, 5.41) is 2.97.